The molecule has 1 aromatic heterocycles. The maximum absolute atomic E-state index is 12.8. The number of nitrogens with zero attached hydrogens (tertiary/aromatic N) is 3. The first kappa shape index (κ1) is 15.4. The molecule has 0 aliphatic heterocycles. The van der Waals surface area contributed by atoms with E-state index in [1.165, 1.54) is 43.3 Å². The molecule has 2 aromatic rings. The fraction of sp³-hybridized carbons (Fsp3) is 0.143. The highest BCUT2D eigenvalue weighted by Gasteiger charge is 2.23. The van der Waals surface area contributed by atoms with E-state index in [1.54, 1.807) is 0 Å². The van der Waals surface area contributed by atoms with Crippen LogP contribution in [-0.2, 0) is 4.79 Å². The molecule has 0 fully saturated rings. The average Bonchev–Trinajstić information content (AvgIpc) is 2.89. The van der Waals surface area contributed by atoms with Crippen LogP contribution >= 0.6 is 0 Å². The Bertz CT molecular complexity index is 737. The summed E-state index contributed by atoms with van der Waals surface area (Å²) in [5.74, 6) is -2.88. The third-order valence-electron chi connectivity index (χ3n) is 2.96. The van der Waals surface area contributed by atoms with Crippen molar-refractivity contribution >= 4 is 24.1 Å². The van der Waals surface area contributed by atoms with E-state index in [2.05, 4.69) is 10.3 Å². The van der Waals surface area contributed by atoms with Gasteiger partial charge in [-0.25, -0.2) is 18.7 Å². The molecule has 1 unspecified atom stereocenters. The van der Waals surface area contributed by atoms with Crippen LogP contribution in [0.25, 0.3) is 12.2 Å². The lowest BCUT2D eigenvalue weighted by Gasteiger charge is -2.08. The van der Waals surface area contributed by atoms with Gasteiger partial charge in [-0.2, -0.15) is 0 Å². The molecule has 1 atom stereocenters. The molecule has 0 bridgehead atoms. The highest BCUT2D eigenvalue weighted by molar-refractivity contribution is 5.90. The number of hydrogen-bond acceptors (Lipinski definition) is 4. The second-order valence-corrected chi connectivity index (χ2v) is 4.47. The van der Waals surface area contributed by atoms with Crippen molar-refractivity contribution < 1.29 is 24.2 Å². The van der Waals surface area contributed by atoms with Crippen LogP contribution in [0.1, 0.15) is 34.7 Å². The lowest BCUT2D eigenvalue weighted by Crippen LogP contribution is -2.18. The SMILES string of the molecule is CC(C(=O)O)n1nnc(C(=O)O)c1/C=C/c1ccc(F)cc1. The highest BCUT2D eigenvalue weighted by atomic mass is 19.1. The maximum atomic E-state index is 12.8. The molecule has 0 radical (unpaired) electrons. The Kier molecular flexibility index (Phi) is 4.31. The predicted molar refractivity (Wildman–Crippen MR) is 74.7 cm³/mol. The van der Waals surface area contributed by atoms with Crippen LogP contribution in [0.4, 0.5) is 4.39 Å². The summed E-state index contributed by atoms with van der Waals surface area (Å²) >= 11 is 0. The number of carboxylic acids is 2. The Morgan fingerprint density at radius 2 is 1.86 bits per heavy atom. The van der Waals surface area contributed by atoms with E-state index in [0.29, 0.717) is 5.56 Å². The third kappa shape index (κ3) is 3.17. The van der Waals surface area contributed by atoms with E-state index >= 15 is 0 Å². The second kappa shape index (κ2) is 6.17. The van der Waals surface area contributed by atoms with Gasteiger partial charge in [0.1, 0.15) is 11.9 Å². The zero-order valence-electron chi connectivity index (χ0n) is 11.5. The Balaban J connectivity index is 2.43. The van der Waals surface area contributed by atoms with Gasteiger partial charge in [-0.15, -0.1) is 5.10 Å². The largest absolute Gasteiger partial charge is 0.480 e. The normalized spacial score (nSPS) is 12.5. The molecule has 22 heavy (non-hydrogen) atoms. The minimum absolute atomic E-state index is 0.0479. The second-order valence-electron chi connectivity index (χ2n) is 4.47. The summed E-state index contributed by atoms with van der Waals surface area (Å²) in [6.07, 6.45) is 2.91. The van der Waals surface area contributed by atoms with Crippen LogP contribution in [0.5, 0.6) is 0 Å². The molecular formula is C14H12FN3O4. The number of halogens is 1. The van der Waals surface area contributed by atoms with E-state index in [4.69, 9.17) is 10.2 Å². The van der Waals surface area contributed by atoms with E-state index in [9.17, 15) is 14.0 Å². The van der Waals surface area contributed by atoms with Crippen molar-refractivity contribution in [3.8, 4) is 0 Å². The Morgan fingerprint density at radius 1 is 1.23 bits per heavy atom. The maximum Gasteiger partial charge on any atom is 0.358 e. The number of aromatic carboxylic acids is 1. The minimum Gasteiger partial charge on any atom is -0.480 e. The van der Waals surface area contributed by atoms with E-state index in [0.717, 1.165) is 4.68 Å². The molecule has 114 valence electrons. The lowest BCUT2D eigenvalue weighted by atomic mass is 10.2. The average molecular weight is 305 g/mol. The van der Waals surface area contributed by atoms with Crippen LogP contribution < -0.4 is 0 Å². The van der Waals surface area contributed by atoms with Crippen LogP contribution in [0.2, 0.25) is 0 Å². The number of aromatic nitrogens is 3. The van der Waals surface area contributed by atoms with Crippen molar-refractivity contribution in [2.75, 3.05) is 0 Å². The molecule has 0 aliphatic carbocycles. The van der Waals surface area contributed by atoms with Crippen molar-refractivity contribution in [3.63, 3.8) is 0 Å². The van der Waals surface area contributed by atoms with Crippen molar-refractivity contribution in [3.05, 3.63) is 47.0 Å². The Morgan fingerprint density at radius 3 is 2.41 bits per heavy atom. The van der Waals surface area contributed by atoms with Crippen molar-refractivity contribution in [2.24, 2.45) is 0 Å². The number of carboxylic acid groups (broad SMARTS) is 2. The van der Waals surface area contributed by atoms with Gasteiger partial charge in [-0.3, -0.25) is 0 Å². The summed E-state index contributed by atoms with van der Waals surface area (Å²) in [5.41, 5.74) is 0.312. The van der Waals surface area contributed by atoms with Crippen molar-refractivity contribution in [1.82, 2.24) is 15.0 Å². The third-order valence-corrected chi connectivity index (χ3v) is 2.96. The fourth-order valence-electron chi connectivity index (χ4n) is 1.75. The van der Waals surface area contributed by atoms with E-state index < -0.39 is 23.8 Å². The van der Waals surface area contributed by atoms with E-state index in [1.807, 2.05) is 0 Å². The zero-order chi connectivity index (χ0) is 16.3. The molecular weight excluding hydrogens is 293 g/mol. The Hall–Kier alpha value is -3.03. The molecule has 8 heteroatoms. The minimum atomic E-state index is -1.32. The fourth-order valence-corrected chi connectivity index (χ4v) is 1.75. The summed E-state index contributed by atoms with van der Waals surface area (Å²) in [6, 6.07) is 4.44. The monoisotopic (exact) mass is 305 g/mol. The summed E-state index contributed by atoms with van der Waals surface area (Å²) in [5, 5.41) is 25.2. The van der Waals surface area contributed by atoms with Crippen LogP contribution in [0, 0.1) is 5.82 Å². The molecule has 7 nitrogen and oxygen atoms in total. The molecule has 0 saturated heterocycles. The van der Waals surface area contributed by atoms with Gasteiger partial charge in [-0.05, 0) is 30.7 Å². The first-order chi connectivity index (χ1) is 10.4. The molecule has 2 N–H and O–H groups in total. The summed E-state index contributed by atoms with van der Waals surface area (Å²) in [4.78, 5) is 22.2. The molecule has 0 aliphatic rings. The number of aliphatic carboxylic acids is 1. The predicted octanol–water partition coefficient (Wildman–Crippen LogP) is 1.93. The zero-order valence-corrected chi connectivity index (χ0v) is 11.5. The van der Waals surface area contributed by atoms with Crippen LogP contribution in [0.3, 0.4) is 0 Å². The van der Waals surface area contributed by atoms with Gasteiger partial charge >= 0.3 is 11.9 Å². The molecule has 1 heterocycles. The van der Waals surface area contributed by atoms with Gasteiger partial charge in [-0.1, -0.05) is 23.4 Å². The number of carbonyl (C=O) groups is 2. The number of benzene rings is 1. The van der Waals surface area contributed by atoms with Gasteiger partial charge in [0, 0.05) is 0 Å². The van der Waals surface area contributed by atoms with Crippen LogP contribution in [0.15, 0.2) is 24.3 Å². The molecule has 0 spiro atoms. The van der Waals surface area contributed by atoms with Crippen molar-refractivity contribution in [2.45, 2.75) is 13.0 Å². The van der Waals surface area contributed by atoms with Gasteiger partial charge in [0.25, 0.3) is 0 Å². The Labute approximate surface area is 124 Å². The van der Waals surface area contributed by atoms with Gasteiger partial charge in [0.15, 0.2) is 5.69 Å². The molecule has 2 rings (SSSR count). The van der Waals surface area contributed by atoms with Gasteiger partial charge < -0.3 is 10.2 Å². The number of hydrogen-bond donors (Lipinski definition) is 2. The molecule has 1 aromatic carbocycles. The van der Waals surface area contributed by atoms with Gasteiger partial charge in [0.05, 0.1) is 5.69 Å². The highest BCUT2D eigenvalue weighted by Crippen LogP contribution is 2.16. The smallest absolute Gasteiger partial charge is 0.358 e. The molecule has 0 saturated carbocycles. The summed E-state index contributed by atoms with van der Waals surface area (Å²) in [6.45, 7) is 1.36. The first-order valence-corrected chi connectivity index (χ1v) is 6.25. The standard InChI is InChI=1S/C14H12FN3O4/c1-8(13(19)20)18-11(12(14(21)22)16-17-18)7-4-9-2-5-10(15)6-3-9/h2-8H,1H3,(H,19,20)(H,21,22)/b7-4+. The van der Waals surface area contributed by atoms with Crippen LogP contribution in [-0.4, -0.2) is 37.1 Å². The summed E-state index contributed by atoms with van der Waals surface area (Å²) < 4.78 is 13.8. The lowest BCUT2D eigenvalue weighted by molar-refractivity contribution is -0.140. The number of rotatable bonds is 5. The van der Waals surface area contributed by atoms with Crippen molar-refractivity contribution in [1.29, 1.82) is 0 Å². The van der Waals surface area contributed by atoms with Gasteiger partial charge in [0.2, 0.25) is 0 Å². The molecule has 0 amide bonds. The topological polar surface area (TPSA) is 105 Å². The summed E-state index contributed by atoms with van der Waals surface area (Å²) in [7, 11) is 0. The first-order valence-electron chi connectivity index (χ1n) is 6.25. The van der Waals surface area contributed by atoms with E-state index in [-0.39, 0.29) is 11.4 Å². The quantitative estimate of drug-likeness (QED) is 0.874.